The third-order valence-corrected chi connectivity index (χ3v) is 5.16. The number of anilines is 1. The second-order valence-corrected chi connectivity index (χ2v) is 7.39. The number of piperidine rings is 1. The lowest BCUT2D eigenvalue weighted by Crippen LogP contribution is -2.40. The maximum atomic E-state index is 12.6. The minimum atomic E-state index is -5.50. The summed E-state index contributed by atoms with van der Waals surface area (Å²) >= 11 is 0. The molecule has 1 aromatic rings. The molecule has 1 amide bonds. The lowest BCUT2D eigenvalue weighted by atomic mass is 9.94. The Hall–Kier alpha value is -1.77. The SMILES string of the molecule is CCC1CCCN(Cc2ccccc2NS(=O)(=O)C(F)(F)F)C1=O. The Morgan fingerprint density at radius 2 is 1.96 bits per heavy atom. The molecule has 1 saturated heterocycles. The Bertz CT molecular complexity index is 704. The van der Waals surface area contributed by atoms with Crippen LogP contribution in [0.2, 0.25) is 0 Å². The Kier molecular flexibility index (Phi) is 5.42. The lowest BCUT2D eigenvalue weighted by molar-refractivity contribution is -0.139. The van der Waals surface area contributed by atoms with Crippen LogP contribution in [0.5, 0.6) is 0 Å². The number of alkyl halides is 3. The predicted molar refractivity (Wildman–Crippen MR) is 83.5 cm³/mol. The maximum Gasteiger partial charge on any atom is 0.516 e. The minimum absolute atomic E-state index is 0.0442. The topological polar surface area (TPSA) is 66.5 Å². The van der Waals surface area contributed by atoms with Gasteiger partial charge in [0.2, 0.25) is 5.91 Å². The summed E-state index contributed by atoms with van der Waals surface area (Å²) in [5.41, 5.74) is -5.23. The maximum absolute atomic E-state index is 12.6. The van der Waals surface area contributed by atoms with Gasteiger partial charge < -0.3 is 4.90 Å². The van der Waals surface area contributed by atoms with Crippen molar-refractivity contribution in [3.05, 3.63) is 29.8 Å². The van der Waals surface area contributed by atoms with E-state index in [1.807, 2.05) is 6.92 Å². The van der Waals surface area contributed by atoms with Crippen LogP contribution in [0.15, 0.2) is 24.3 Å². The molecule has 1 N–H and O–H groups in total. The molecule has 2 rings (SSSR count). The highest BCUT2D eigenvalue weighted by molar-refractivity contribution is 7.93. The Morgan fingerprint density at radius 3 is 2.58 bits per heavy atom. The van der Waals surface area contributed by atoms with Crippen LogP contribution in [0.4, 0.5) is 18.9 Å². The first-order chi connectivity index (χ1) is 11.2. The molecular weight excluding hydrogens is 345 g/mol. The molecule has 1 aromatic carbocycles. The fraction of sp³-hybridized carbons (Fsp3) is 0.533. The van der Waals surface area contributed by atoms with Crippen molar-refractivity contribution in [1.29, 1.82) is 0 Å². The number of rotatable bonds is 5. The van der Waals surface area contributed by atoms with Crippen molar-refractivity contribution in [2.45, 2.75) is 38.2 Å². The summed E-state index contributed by atoms with van der Waals surface area (Å²) in [6.45, 7) is 2.50. The molecule has 0 bridgehead atoms. The first-order valence-electron chi connectivity index (χ1n) is 7.61. The van der Waals surface area contributed by atoms with Gasteiger partial charge in [0.05, 0.1) is 5.69 Å². The quantitative estimate of drug-likeness (QED) is 0.873. The van der Waals surface area contributed by atoms with Crippen molar-refractivity contribution in [3.63, 3.8) is 0 Å². The fourth-order valence-electron chi connectivity index (χ4n) is 2.72. The lowest BCUT2D eigenvalue weighted by Gasteiger charge is -2.32. The van der Waals surface area contributed by atoms with Gasteiger partial charge in [0.15, 0.2) is 0 Å². The number of hydrogen-bond acceptors (Lipinski definition) is 3. The van der Waals surface area contributed by atoms with Gasteiger partial charge >= 0.3 is 15.5 Å². The van der Waals surface area contributed by atoms with Crippen molar-refractivity contribution in [3.8, 4) is 0 Å². The van der Waals surface area contributed by atoms with Crippen molar-refractivity contribution >= 4 is 21.6 Å². The van der Waals surface area contributed by atoms with E-state index in [0.717, 1.165) is 12.8 Å². The van der Waals surface area contributed by atoms with Crippen LogP contribution in [0.1, 0.15) is 31.7 Å². The molecular formula is C15H19F3N2O3S. The highest BCUT2D eigenvalue weighted by Gasteiger charge is 2.46. The number of sulfonamides is 1. The Morgan fingerprint density at radius 1 is 1.29 bits per heavy atom. The third-order valence-electron chi connectivity index (χ3n) is 4.06. The molecule has 0 spiro atoms. The predicted octanol–water partition coefficient (Wildman–Crippen LogP) is 3.10. The molecule has 1 aliphatic rings. The summed E-state index contributed by atoms with van der Waals surface area (Å²) in [4.78, 5) is 13.9. The number of likely N-dealkylation sites (tertiary alicyclic amines) is 1. The molecule has 134 valence electrons. The van der Waals surface area contributed by atoms with E-state index >= 15 is 0 Å². The number of amides is 1. The fourth-order valence-corrected chi connectivity index (χ4v) is 3.33. The van der Waals surface area contributed by atoms with Crippen molar-refractivity contribution in [1.82, 2.24) is 4.90 Å². The summed E-state index contributed by atoms with van der Waals surface area (Å²) in [7, 11) is -5.50. The van der Waals surface area contributed by atoms with Gasteiger partial charge in [0.25, 0.3) is 0 Å². The van der Waals surface area contributed by atoms with Crippen molar-refractivity contribution < 1.29 is 26.4 Å². The molecule has 1 atom stereocenters. The molecule has 0 aliphatic carbocycles. The van der Waals surface area contributed by atoms with E-state index in [4.69, 9.17) is 0 Å². The molecule has 9 heteroatoms. The van der Waals surface area contributed by atoms with Crippen molar-refractivity contribution in [2.75, 3.05) is 11.3 Å². The number of benzene rings is 1. The van der Waals surface area contributed by atoms with E-state index in [1.54, 1.807) is 15.7 Å². The van der Waals surface area contributed by atoms with Crippen LogP contribution in [0.3, 0.4) is 0 Å². The molecule has 1 aliphatic heterocycles. The third kappa shape index (κ3) is 4.00. The summed E-state index contributed by atoms with van der Waals surface area (Å²) in [6, 6.07) is 5.79. The van der Waals surface area contributed by atoms with E-state index in [1.165, 1.54) is 18.2 Å². The van der Waals surface area contributed by atoms with E-state index in [2.05, 4.69) is 0 Å². The van der Waals surface area contributed by atoms with Gasteiger partial charge in [-0.1, -0.05) is 25.1 Å². The van der Waals surface area contributed by atoms with Gasteiger partial charge in [0.1, 0.15) is 0 Å². The van der Waals surface area contributed by atoms with Gasteiger partial charge in [-0.15, -0.1) is 0 Å². The van der Waals surface area contributed by atoms with Crippen LogP contribution in [0, 0.1) is 5.92 Å². The number of nitrogens with zero attached hydrogens (tertiary/aromatic N) is 1. The van der Waals surface area contributed by atoms with Gasteiger partial charge in [-0.3, -0.25) is 9.52 Å². The second-order valence-electron chi connectivity index (χ2n) is 5.72. The van der Waals surface area contributed by atoms with Gasteiger partial charge in [-0.05, 0) is 30.9 Å². The zero-order valence-electron chi connectivity index (χ0n) is 13.1. The number of halogens is 3. The van der Waals surface area contributed by atoms with Crippen molar-refractivity contribution in [2.24, 2.45) is 5.92 Å². The van der Waals surface area contributed by atoms with Gasteiger partial charge in [-0.2, -0.15) is 21.6 Å². The standard InChI is InChI=1S/C15H19F3N2O3S/c1-2-11-7-5-9-20(14(11)21)10-12-6-3-4-8-13(12)19-24(22,23)15(16,17)18/h3-4,6,8,11,19H,2,5,7,9-10H2,1H3. The highest BCUT2D eigenvalue weighted by atomic mass is 32.2. The van der Waals surface area contributed by atoms with Crippen LogP contribution in [-0.2, 0) is 21.4 Å². The molecule has 0 radical (unpaired) electrons. The number of para-hydroxylation sites is 1. The molecule has 24 heavy (non-hydrogen) atoms. The number of carbonyl (C=O) groups excluding carboxylic acids is 1. The van der Waals surface area contributed by atoms with E-state index in [0.29, 0.717) is 18.5 Å². The Balaban J connectivity index is 2.22. The minimum Gasteiger partial charge on any atom is -0.338 e. The molecule has 1 fully saturated rings. The van der Waals surface area contributed by atoms with Crippen LogP contribution >= 0.6 is 0 Å². The van der Waals surface area contributed by atoms with E-state index in [-0.39, 0.29) is 24.1 Å². The molecule has 1 heterocycles. The highest BCUT2D eigenvalue weighted by Crippen LogP contribution is 2.29. The van der Waals surface area contributed by atoms with Crippen LogP contribution in [-0.4, -0.2) is 31.3 Å². The van der Waals surface area contributed by atoms with Crippen LogP contribution in [0.25, 0.3) is 0 Å². The summed E-state index contributed by atoms with van der Waals surface area (Å²) < 4.78 is 61.9. The van der Waals surface area contributed by atoms with Gasteiger partial charge in [-0.25, -0.2) is 0 Å². The molecule has 1 unspecified atom stereocenters. The molecule has 0 saturated carbocycles. The first-order valence-corrected chi connectivity index (χ1v) is 9.10. The monoisotopic (exact) mass is 364 g/mol. The van der Waals surface area contributed by atoms with E-state index < -0.39 is 15.5 Å². The smallest absolute Gasteiger partial charge is 0.338 e. The number of hydrogen-bond donors (Lipinski definition) is 1. The summed E-state index contributed by atoms with van der Waals surface area (Å²) in [5, 5.41) is 0. The number of nitrogens with one attached hydrogen (secondary N) is 1. The average molecular weight is 364 g/mol. The Labute approximate surface area is 138 Å². The average Bonchev–Trinajstić information content (AvgIpc) is 2.50. The van der Waals surface area contributed by atoms with Gasteiger partial charge in [0, 0.05) is 19.0 Å². The first kappa shape index (κ1) is 18.6. The normalized spacial score (nSPS) is 19.4. The summed E-state index contributed by atoms with van der Waals surface area (Å²) in [5.74, 6) is -0.130. The molecule has 5 nitrogen and oxygen atoms in total. The zero-order chi connectivity index (χ0) is 18.0. The molecule has 0 aromatic heterocycles. The zero-order valence-corrected chi connectivity index (χ0v) is 14.0. The van der Waals surface area contributed by atoms with Crippen LogP contribution < -0.4 is 4.72 Å². The number of carbonyl (C=O) groups is 1. The largest absolute Gasteiger partial charge is 0.516 e. The van der Waals surface area contributed by atoms with E-state index in [9.17, 15) is 26.4 Å². The second kappa shape index (κ2) is 7.00. The summed E-state index contributed by atoms with van der Waals surface area (Å²) in [6.07, 6.45) is 2.33.